The quantitative estimate of drug-likeness (QED) is 0.701. The van der Waals surface area contributed by atoms with Crippen LogP contribution < -0.4 is 5.32 Å². The molecule has 4 heteroatoms. The molecule has 0 aromatic carbocycles. The highest BCUT2D eigenvalue weighted by atomic mass is 32.1. The first-order chi connectivity index (χ1) is 8.60. The molecule has 0 aliphatic rings. The predicted octanol–water partition coefficient (Wildman–Crippen LogP) is 3.21. The summed E-state index contributed by atoms with van der Waals surface area (Å²) in [5.74, 6) is 0.149. The molecule has 18 heavy (non-hydrogen) atoms. The zero-order valence-corrected chi connectivity index (χ0v) is 14.3. The average Bonchev–Trinajstić information content (AvgIpc) is 2.41. The van der Waals surface area contributed by atoms with E-state index in [1.807, 2.05) is 20.8 Å². The number of nitrogens with one attached hydrogen (secondary N) is 1. The van der Waals surface area contributed by atoms with Gasteiger partial charge in [-0.3, -0.25) is 4.79 Å². The standard InChI is InChI=1S/C11H24N2O.C2H6.CH4S/c1-5-8-13(4)9-7-10(3)12-11(14)6-2;2*1-2/h10H,5-9H2,1-4H3,(H,12,14);1-2H3;2H,1H3. The second-order valence-electron chi connectivity index (χ2n) is 3.91. The zero-order valence-electron chi connectivity index (χ0n) is 13.4. The Hall–Kier alpha value is -0.220. The van der Waals surface area contributed by atoms with Gasteiger partial charge in [0.15, 0.2) is 0 Å². The van der Waals surface area contributed by atoms with Crippen molar-refractivity contribution in [3.05, 3.63) is 0 Å². The van der Waals surface area contributed by atoms with Gasteiger partial charge >= 0.3 is 0 Å². The van der Waals surface area contributed by atoms with E-state index < -0.39 is 0 Å². The van der Waals surface area contributed by atoms with Gasteiger partial charge in [-0.1, -0.05) is 27.7 Å². The van der Waals surface area contributed by atoms with Gasteiger partial charge < -0.3 is 10.2 Å². The van der Waals surface area contributed by atoms with Crippen molar-refractivity contribution in [2.75, 3.05) is 26.4 Å². The number of thiol groups is 1. The summed E-state index contributed by atoms with van der Waals surface area (Å²) in [4.78, 5) is 13.4. The fraction of sp³-hybridized carbons (Fsp3) is 0.929. The maximum absolute atomic E-state index is 11.1. The summed E-state index contributed by atoms with van der Waals surface area (Å²) in [6, 6.07) is 0.293. The van der Waals surface area contributed by atoms with E-state index in [0.29, 0.717) is 12.5 Å². The summed E-state index contributed by atoms with van der Waals surface area (Å²) in [7, 11) is 2.12. The second kappa shape index (κ2) is 19.1. The van der Waals surface area contributed by atoms with Gasteiger partial charge in [0.05, 0.1) is 0 Å². The zero-order chi connectivity index (χ0) is 15.0. The van der Waals surface area contributed by atoms with E-state index in [0.717, 1.165) is 19.5 Å². The van der Waals surface area contributed by atoms with Crippen molar-refractivity contribution in [1.82, 2.24) is 10.2 Å². The lowest BCUT2D eigenvalue weighted by Crippen LogP contribution is -2.35. The number of hydrogen-bond acceptors (Lipinski definition) is 3. The fourth-order valence-corrected chi connectivity index (χ4v) is 1.36. The lowest BCUT2D eigenvalue weighted by molar-refractivity contribution is -0.121. The van der Waals surface area contributed by atoms with E-state index in [-0.39, 0.29) is 5.91 Å². The van der Waals surface area contributed by atoms with Gasteiger partial charge in [-0.05, 0) is 46.2 Å². The van der Waals surface area contributed by atoms with Crippen LogP contribution in [0.15, 0.2) is 0 Å². The Morgan fingerprint density at radius 2 is 1.72 bits per heavy atom. The Balaban J connectivity index is -0.000000506. The number of carbonyl (C=O) groups excluding carboxylic acids is 1. The molecule has 0 aromatic heterocycles. The van der Waals surface area contributed by atoms with Crippen molar-refractivity contribution < 1.29 is 4.79 Å². The van der Waals surface area contributed by atoms with Gasteiger partial charge in [0.25, 0.3) is 0 Å². The van der Waals surface area contributed by atoms with Gasteiger partial charge in [-0.15, -0.1) is 0 Å². The van der Waals surface area contributed by atoms with Gasteiger partial charge in [-0.25, -0.2) is 0 Å². The minimum absolute atomic E-state index is 0.149. The number of hydrogen-bond donors (Lipinski definition) is 2. The third-order valence-corrected chi connectivity index (χ3v) is 2.28. The highest BCUT2D eigenvalue weighted by Crippen LogP contribution is 1.95. The topological polar surface area (TPSA) is 32.3 Å². The van der Waals surface area contributed by atoms with Crippen LogP contribution in [0.1, 0.15) is 53.9 Å². The molecule has 0 radical (unpaired) electrons. The van der Waals surface area contributed by atoms with E-state index in [2.05, 4.69) is 43.7 Å². The van der Waals surface area contributed by atoms with Crippen LogP contribution in [0, 0.1) is 0 Å². The normalized spacial score (nSPS) is 10.7. The molecule has 0 saturated heterocycles. The third kappa shape index (κ3) is 18.2. The monoisotopic (exact) mass is 278 g/mol. The highest BCUT2D eigenvalue weighted by molar-refractivity contribution is 7.79. The van der Waals surface area contributed by atoms with E-state index in [9.17, 15) is 4.79 Å². The van der Waals surface area contributed by atoms with Crippen LogP contribution in [-0.2, 0) is 4.79 Å². The van der Waals surface area contributed by atoms with Crippen molar-refractivity contribution in [2.45, 2.75) is 59.9 Å². The molecule has 1 unspecified atom stereocenters. The maximum atomic E-state index is 11.1. The molecule has 1 amide bonds. The van der Waals surface area contributed by atoms with Gasteiger partial charge in [-0.2, -0.15) is 12.6 Å². The Kier molecular flexibility index (Phi) is 24.4. The van der Waals surface area contributed by atoms with Crippen LogP contribution in [0.4, 0.5) is 0 Å². The van der Waals surface area contributed by atoms with Crippen molar-refractivity contribution in [3.63, 3.8) is 0 Å². The van der Waals surface area contributed by atoms with Crippen molar-refractivity contribution in [3.8, 4) is 0 Å². The molecule has 0 rings (SSSR count). The summed E-state index contributed by atoms with van der Waals surface area (Å²) in [6.07, 6.45) is 4.49. The van der Waals surface area contributed by atoms with Crippen LogP contribution in [0.2, 0.25) is 0 Å². The average molecular weight is 279 g/mol. The first-order valence-electron chi connectivity index (χ1n) is 7.02. The summed E-state index contributed by atoms with van der Waals surface area (Å²) >= 11 is 3.53. The molecular formula is C14H34N2OS. The summed E-state index contributed by atoms with van der Waals surface area (Å²) in [6.45, 7) is 12.3. The number of carbonyl (C=O) groups is 1. The SMILES string of the molecule is CC.CCCN(C)CCC(C)NC(=O)CC.CS. The smallest absolute Gasteiger partial charge is 0.219 e. The minimum Gasteiger partial charge on any atom is -0.354 e. The maximum Gasteiger partial charge on any atom is 0.219 e. The Bertz CT molecular complexity index is 166. The molecule has 0 bridgehead atoms. The van der Waals surface area contributed by atoms with Crippen molar-refractivity contribution in [1.29, 1.82) is 0 Å². The number of nitrogens with zero attached hydrogens (tertiary/aromatic N) is 1. The molecule has 0 saturated carbocycles. The van der Waals surface area contributed by atoms with E-state index in [1.165, 1.54) is 6.42 Å². The van der Waals surface area contributed by atoms with Crippen LogP contribution in [0.5, 0.6) is 0 Å². The van der Waals surface area contributed by atoms with Crippen LogP contribution in [-0.4, -0.2) is 43.2 Å². The molecule has 1 atom stereocenters. The van der Waals surface area contributed by atoms with Crippen molar-refractivity contribution >= 4 is 18.5 Å². The van der Waals surface area contributed by atoms with Crippen molar-refractivity contribution in [2.24, 2.45) is 0 Å². The van der Waals surface area contributed by atoms with E-state index in [1.54, 1.807) is 6.26 Å². The summed E-state index contributed by atoms with van der Waals surface area (Å²) < 4.78 is 0. The Morgan fingerprint density at radius 1 is 1.22 bits per heavy atom. The minimum atomic E-state index is 0.149. The molecule has 0 aliphatic carbocycles. The Labute approximate surface area is 120 Å². The van der Waals surface area contributed by atoms with Crippen LogP contribution in [0.25, 0.3) is 0 Å². The van der Waals surface area contributed by atoms with Crippen LogP contribution in [0.3, 0.4) is 0 Å². The van der Waals surface area contributed by atoms with E-state index >= 15 is 0 Å². The van der Waals surface area contributed by atoms with Gasteiger partial charge in [0.1, 0.15) is 0 Å². The molecule has 0 fully saturated rings. The van der Waals surface area contributed by atoms with Crippen LogP contribution >= 0.6 is 12.6 Å². The first-order valence-corrected chi connectivity index (χ1v) is 7.92. The molecule has 0 aromatic rings. The third-order valence-electron chi connectivity index (χ3n) is 2.28. The molecule has 3 nitrogen and oxygen atoms in total. The lowest BCUT2D eigenvalue weighted by Gasteiger charge is -2.19. The largest absolute Gasteiger partial charge is 0.354 e. The molecule has 0 heterocycles. The Morgan fingerprint density at radius 3 is 2.11 bits per heavy atom. The molecule has 112 valence electrons. The first kappa shape index (κ1) is 22.9. The van der Waals surface area contributed by atoms with E-state index in [4.69, 9.17) is 0 Å². The number of amides is 1. The van der Waals surface area contributed by atoms with Gasteiger partial charge in [0, 0.05) is 12.5 Å². The second-order valence-corrected chi connectivity index (χ2v) is 3.91. The molecular weight excluding hydrogens is 244 g/mol. The molecule has 0 aliphatic heterocycles. The highest BCUT2D eigenvalue weighted by Gasteiger charge is 2.06. The predicted molar refractivity (Wildman–Crippen MR) is 86.6 cm³/mol. The summed E-state index contributed by atoms with van der Waals surface area (Å²) in [5.41, 5.74) is 0. The molecule has 0 spiro atoms. The van der Waals surface area contributed by atoms with Gasteiger partial charge in [0.2, 0.25) is 5.91 Å². The lowest BCUT2D eigenvalue weighted by atomic mass is 10.2. The molecule has 1 N–H and O–H groups in total. The summed E-state index contributed by atoms with van der Waals surface area (Å²) in [5, 5.41) is 2.96. The fourth-order valence-electron chi connectivity index (χ4n) is 1.36. The number of rotatable bonds is 7.